The molecule has 0 spiro atoms. The summed E-state index contributed by atoms with van der Waals surface area (Å²) in [6, 6.07) is 9.85. The van der Waals surface area contributed by atoms with Gasteiger partial charge in [0, 0.05) is 23.1 Å². The number of anilines is 2. The van der Waals surface area contributed by atoms with E-state index in [-0.39, 0.29) is 5.91 Å². The summed E-state index contributed by atoms with van der Waals surface area (Å²) in [6.45, 7) is 9.20. The maximum atomic E-state index is 12.9. The number of halogens is 1. The molecule has 0 aliphatic carbocycles. The maximum absolute atomic E-state index is 12.9. The van der Waals surface area contributed by atoms with Crippen molar-refractivity contribution in [2.45, 2.75) is 20.8 Å². The summed E-state index contributed by atoms with van der Waals surface area (Å²) in [4.78, 5) is 15.2. The van der Waals surface area contributed by atoms with Crippen LogP contribution >= 0.6 is 15.9 Å². The minimum absolute atomic E-state index is 0.0815. The number of nitrogens with zero attached hydrogens (tertiary/aromatic N) is 1. The van der Waals surface area contributed by atoms with Crippen molar-refractivity contribution in [1.29, 1.82) is 0 Å². The summed E-state index contributed by atoms with van der Waals surface area (Å²) >= 11 is 3.56. The van der Waals surface area contributed by atoms with E-state index in [1.165, 1.54) is 5.56 Å². The van der Waals surface area contributed by atoms with Crippen LogP contribution in [-0.4, -0.2) is 32.2 Å². The van der Waals surface area contributed by atoms with E-state index in [4.69, 9.17) is 4.74 Å². The van der Waals surface area contributed by atoms with Gasteiger partial charge in [-0.15, -0.1) is 0 Å². The highest BCUT2D eigenvalue weighted by atomic mass is 79.9. The third-order valence-corrected chi connectivity index (χ3v) is 5.73. The van der Waals surface area contributed by atoms with Crippen LogP contribution in [0.4, 0.5) is 11.4 Å². The van der Waals surface area contributed by atoms with Crippen molar-refractivity contribution in [3.05, 3.63) is 57.1 Å². The van der Waals surface area contributed by atoms with Crippen LogP contribution in [0, 0.1) is 20.8 Å². The second-order valence-electron chi connectivity index (χ2n) is 6.35. The lowest BCUT2D eigenvalue weighted by Gasteiger charge is -2.30. The van der Waals surface area contributed by atoms with E-state index in [0.717, 1.165) is 40.1 Å². The summed E-state index contributed by atoms with van der Waals surface area (Å²) < 4.78 is 6.39. The standard InChI is InChI=1S/C20H23BrN2O2/c1-13-14(2)16(12-17(21)15(13)3)20(24)22-18-6-4-5-7-19(18)23-8-10-25-11-9-23/h4-7,12H,8-11H2,1-3H3,(H,22,24). The minimum atomic E-state index is -0.0815. The zero-order valence-electron chi connectivity index (χ0n) is 14.9. The molecule has 1 aliphatic heterocycles. The molecular weight excluding hydrogens is 380 g/mol. The Bertz CT molecular complexity index is 799. The SMILES string of the molecule is Cc1c(Br)cc(C(=O)Nc2ccccc2N2CCOCC2)c(C)c1C. The molecule has 0 radical (unpaired) electrons. The van der Waals surface area contributed by atoms with Gasteiger partial charge in [0.25, 0.3) is 5.91 Å². The quantitative estimate of drug-likeness (QED) is 0.823. The number of ether oxygens (including phenoxy) is 1. The lowest BCUT2D eigenvalue weighted by atomic mass is 9.98. The van der Waals surface area contributed by atoms with Crippen LogP contribution in [0.5, 0.6) is 0 Å². The molecule has 0 unspecified atom stereocenters. The highest BCUT2D eigenvalue weighted by Gasteiger charge is 2.18. The molecule has 1 amide bonds. The number of benzene rings is 2. The topological polar surface area (TPSA) is 41.6 Å². The van der Waals surface area contributed by atoms with E-state index in [1.807, 2.05) is 44.2 Å². The maximum Gasteiger partial charge on any atom is 0.256 e. The van der Waals surface area contributed by atoms with E-state index >= 15 is 0 Å². The number of carbonyl (C=O) groups is 1. The number of amides is 1. The highest BCUT2D eigenvalue weighted by molar-refractivity contribution is 9.10. The smallest absolute Gasteiger partial charge is 0.256 e. The Labute approximate surface area is 157 Å². The van der Waals surface area contributed by atoms with Crippen molar-refractivity contribution in [3.63, 3.8) is 0 Å². The first-order chi connectivity index (χ1) is 12.0. The molecule has 1 heterocycles. The van der Waals surface area contributed by atoms with E-state index < -0.39 is 0 Å². The molecule has 0 bridgehead atoms. The molecule has 0 atom stereocenters. The fourth-order valence-electron chi connectivity index (χ4n) is 3.09. The van der Waals surface area contributed by atoms with E-state index in [1.54, 1.807) is 0 Å². The first kappa shape index (κ1) is 18.0. The third kappa shape index (κ3) is 3.72. The summed E-state index contributed by atoms with van der Waals surface area (Å²) in [7, 11) is 0. The predicted octanol–water partition coefficient (Wildman–Crippen LogP) is 4.46. The first-order valence-corrected chi connectivity index (χ1v) is 9.27. The van der Waals surface area contributed by atoms with Gasteiger partial charge in [0.05, 0.1) is 24.6 Å². The van der Waals surface area contributed by atoms with Crippen molar-refractivity contribution in [2.75, 3.05) is 36.5 Å². The average Bonchev–Trinajstić information content (AvgIpc) is 2.64. The highest BCUT2D eigenvalue weighted by Crippen LogP contribution is 2.29. The molecule has 1 saturated heterocycles. The Morgan fingerprint density at radius 2 is 1.76 bits per heavy atom. The number of nitrogens with one attached hydrogen (secondary N) is 1. The summed E-state index contributed by atoms with van der Waals surface area (Å²) in [6.07, 6.45) is 0. The lowest BCUT2D eigenvalue weighted by molar-refractivity contribution is 0.102. The van der Waals surface area contributed by atoms with Crippen molar-refractivity contribution < 1.29 is 9.53 Å². The van der Waals surface area contributed by atoms with E-state index in [9.17, 15) is 4.79 Å². The Balaban J connectivity index is 1.89. The predicted molar refractivity (Wildman–Crippen MR) is 106 cm³/mol. The van der Waals surface area contributed by atoms with Crippen LogP contribution in [0.2, 0.25) is 0 Å². The number of carbonyl (C=O) groups excluding carboxylic acids is 1. The second kappa shape index (κ2) is 7.58. The monoisotopic (exact) mass is 402 g/mol. The summed E-state index contributed by atoms with van der Waals surface area (Å²) in [5.74, 6) is -0.0815. The average molecular weight is 403 g/mol. The molecular formula is C20H23BrN2O2. The van der Waals surface area contributed by atoms with Crippen molar-refractivity contribution in [2.24, 2.45) is 0 Å². The molecule has 25 heavy (non-hydrogen) atoms. The van der Waals surface area contributed by atoms with Gasteiger partial charge >= 0.3 is 0 Å². The Morgan fingerprint density at radius 1 is 1.08 bits per heavy atom. The molecule has 2 aromatic rings. The van der Waals surface area contributed by atoms with Gasteiger partial charge < -0.3 is 15.0 Å². The van der Waals surface area contributed by atoms with Crippen LogP contribution in [0.3, 0.4) is 0 Å². The Kier molecular flexibility index (Phi) is 5.45. The fourth-order valence-corrected chi connectivity index (χ4v) is 3.62. The summed E-state index contributed by atoms with van der Waals surface area (Å²) in [5.41, 5.74) is 5.90. The van der Waals surface area contributed by atoms with Crippen molar-refractivity contribution in [1.82, 2.24) is 0 Å². The fraction of sp³-hybridized carbons (Fsp3) is 0.350. The van der Waals surface area contributed by atoms with Gasteiger partial charge in [-0.1, -0.05) is 28.1 Å². The molecule has 2 aromatic carbocycles. The molecule has 1 fully saturated rings. The molecule has 1 N–H and O–H groups in total. The van der Waals surface area contributed by atoms with Crippen molar-refractivity contribution in [3.8, 4) is 0 Å². The van der Waals surface area contributed by atoms with Gasteiger partial charge in [-0.05, 0) is 55.7 Å². The van der Waals surface area contributed by atoms with Gasteiger partial charge in [0.15, 0.2) is 0 Å². The Hall–Kier alpha value is -1.85. The minimum Gasteiger partial charge on any atom is -0.378 e. The van der Waals surface area contributed by atoms with Crippen LogP contribution in [0.25, 0.3) is 0 Å². The summed E-state index contributed by atoms with van der Waals surface area (Å²) in [5, 5.41) is 3.10. The van der Waals surface area contributed by atoms with Crippen LogP contribution in [-0.2, 0) is 4.74 Å². The third-order valence-electron chi connectivity index (χ3n) is 4.91. The van der Waals surface area contributed by atoms with Gasteiger partial charge in [-0.3, -0.25) is 4.79 Å². The number of hydrogen-bond acceptors (Lipinski definition) is 3. The van der Waals surface area contributed by atoms with Crippen LogP contribution < -0.4 is 10.2 Å². The number of hydrogen-bond donors (Lipinski definition) is 1. The zero-order chi connectivity index (χ0) is 18.0. The molecule has 5 heteroatoms. The molecule has 1 aliphatic rings. The van der Waals surface area contributed by atoms with Crippen LogP contribution in [0.1, 0.15) is 27.0 Å². The number of para-hydroxylation sites is 2. The van der Waals surface area contributed by atoms with E-state index in [0.29, 0.717) is 18.8 Å². The van der Waals surface area contributed by atoms with Crippen molar-refractivity contribution >= 4 is 33.2 Å². The Morgan fingerprint density at radius 3 is 2.48 bits per heavy atom. The van der Waals surface area contributed by atoms with Gasteiger partial charge in [-0.2, -0.15) is 0 Å². The molecule has 4 nitrogen and oxygen atoms in total. The first-order valence-electron chi connectivity index (χ1n) is 8.48. The van der Waals surface area contributed by atoms with Gasteiger partial charge in [-0.25, -0.2) is 0 Å². The molecule has 3 rings (SSSR count). The van der Waals surface area contributed by atoms with Crippen LogP contribution in [0.15, 0.2) is 34.8 Å². The normalized spacial score (nSPS) is 14.5. The second-order valence-corrected chi connectivity index (χ2v) is 7.21. The molecule has 0 aromatic heterocycles. The van der Waals surface area contributed by atoms with E-state index in [2.05, 4.69) is 33.1 Å². The van der Waals surface area contributed by atoms with Gasteiger partial charge in [0.1, 0.15) is 0 Å². The largest absolute Gasteiger partial charge is 0.378 e. The lowest BCUT2D eigenvalue weighted by Crippen LogP contribution is -2.36. The number of morpholine rings is 1. The van der Waals surface area contributed by atoms with Gasteiger partial charge in [0.2, 0.25) is 0 Å². The number of rotatable bonds is 3. The zero-order valence-corrected chi connectivity index (χ0v) is 16.4. The molecule has 0 saturated carbocycles. The molecule has 132 valence electrons.